The maximum atomic E-state index is 15.1. The van der Waals surface area contributed by atoms with Crippen molar-refractivity contribution in [3.8, 4) is 11.5 Å². The quantitative estimate of drug-likeness (QED) is 0.0933. The Morgan fingerprint density at radius 2 is 0.880 bits per heavy atom. The standard InChI is InChI=1S/C76H114N8O8/c1-65(2)29-31-75(51(35-65)49-17-19-57-69(9)25-23-59(85)67(5,6)55(69)21-27-71(57,11)73(49,13)37-61(75)87)63(89)77-39-47-43-83(81-79-47)41-45-33-54(92-16)46(34-53(45)91-15)42-84-44-48(80-82-84)40-78-64(90)76-32-30-66(3,4)36-52(76)50-18-20-58-70(10)26-24-60(86)68(7,8)56(70)22-28-72(58,12)74(50,14)38-62(76)88/h17-18,33-34,43-44,51-52,55-62,85-88H,19-32,35-42H2,1-16H3,(H,77,89)(H,78,90)/t51?,52?,55?,56?,57?,58?,59-,60-,61+,62+,69-,70-,71+,72+,73+,74+,75+,76+/m0/s1. The van der Waals surface area contributed by atoms with Crippen LogP contribution in [0.25, 0.3) is 0 Å². The Hall–Kier alpha value is -4.64. The summed E-state index contributed by atoms with van der Waals surface area (Å²) >= 11 is 0. The summed E-state index contributed by atoms with van der Waals surface area (Å²) in [7, 11) is 3.28. The van der Waals surface area contributed by atoms with Crippen LogP contribution in [0.5, 0.6) is 11.5 Å². The topological polar surface area (TPSA) is 219 Å². The number of ether oxygens (including phenoxy) is 2. The Morgan fingerprint density at radius 1 is 0.500 bits per heavy atom. The number of fused-ring (bicyclic) bond motifs is 14. The molecule has 8 fully saturated rings. The summed E-state index contributed by atoms with van der Waals surface area (Å²) in [5, 5.41) is 72.9. The number of hydrogen-bond acceptors (Lipinski definition) is 12. The van der Waals surface area contributed by atoms with Gasteiger partial charge in [0.15, 0.2) is 0 Å². The fourth-order valence-corrected chi connectivity index (χ4v) is 24.8. The summed E-state index contributed by atoms with van der Waals surface area (Å²) in [6.07, 6.45) is 22.2. The van der Waals surface area contributed by atoms with Crippen LogP contribution in [0, 0.1) is 100 Å². The molecule has 16 heteroatoms. The number of aromatic nitrogens is 6. The molecule has 10 aliphatic carbocycles. The maximum absolute atomic E-state index is 15.1. The smallest absolute Gasteiger partial charge is 0.229 e. The second-order valence-corrected chi connectivity index (χ2v) is 36.4. The van der Waals surface area contributed by atoms with Crippen LogP contribution in [0.3, 0.4) is 0 Å². The van der Waals surface area contributed by atoms with Crippen LogP contribution < -0.4 is 20.1 Å². The first-order valence-electron chi connectivity index (χ1n) is 35.8. The molecule has 10 aliphatic rings. The number of aliphatic hydroxyl groups is 4. The first kappa shape index (κ1) is 66.0. The molecule has 6 N–H and O–H groups in total. The Balaban J connectivity index is 0.671. The molecule has 0 aliphatic heterocycles. The van der Waals surface area contributed by atoms with Gasteiger partial charge in [-0.15, -0.1) is 10.2 Å². The average Bonchev–Trinajstić information content (AvgIpc) is 1.29. The van der Waals surface area contributed by atoms with E-state index in [4.69, 9.17) is 9.47 Å². The third kappa shape index (κ3) is 9.46. The molecule has 0 spiro atoms. The van der Waals surface area contributed by atoms with Crippen LogP contribution in [0.15, 0.2) is 47.8 Å². The van der Waals surface area contributed by atoms with E-state index in [9.17, 15) is 20.4 Å². The largest absolute Gasteiger partial charge is 0.496 e. The van der Waals surface area contributed by atoms with Gasteiger partial charge in [-0.2, -0.15) is 0 Å². The molecule has 2 heterocycles. The van der Waals surface area contributed by atoms with Crippen molar-refractivity contribution in [3.05, 3.63) is 70.3 Å². The molecule has 2 amide bonds. The highest BCUT2D eigenvalue weighted by Gasteiger charge is 2.73. The zero-order valence-corrected chi connectivity index (χ0v) is 58.9. The lowest BCUT2D eigenvalue weighted by molar-refractivity contribution is -0.215. The van der Waals surface area contributed by atoms with E-state index in [2.05, 4.69) is 140 Å². The number of carbonyl (C=O) groups is 2. The van der Waals surface area contributed by atoms with Gasteiger partial charge in [0.2, 0.25) is 11.8 Å². The second kappa shape index (κ2) is 21.9. The van der Waals surface area contributed by atoms with Crippen LogP contribution >= 0.6 is 0 Å². The number of nitrogens with one attached hydrogen (secondary N) is 2. The minimum atomic E-state index is -0.956. The van der Waals surface area contributed by atoms with E-state index in [1.54, 1.807) is 23.6 Å². The Bertz CT molecular complexity index is 3230. The summed E-state index contributed by atoms with van der Waals surface area (Å²) in [6.45, 7) is 34.4. The molecule has 16 nitrogen and oxygen atoms in total. The van der Waals surface area contributed by atoms with Crippen molar-refractivity contribution in [3.63, 3.8) is 0 Å². The predicted molar refractivity (Wildman–Crippen MR) is 354 cm³/mol. The number of amides is 2. The van der Waals surface area contributed by atoms with Gasteiger partial charge in [-0.25, -0.2) is 9.36 Å². The maximum Gasteiger partial charge on any atom is 0.229 e. The highest BCUT2D eigenvalue weighted by molar-refractivity contribution is 5.85. The van der Waals surface area contributed by atoms with E-state index < -0.39 is 23.0 Å². The van der Waals surface area contributed by atoms with Crippen molar-refractivity contribution < 1.29 is 39.5 Å². The van der Waals surface area contributed by atoms with E-state index in [1.165, 1.54) is 11.1 Å². The SMILES string of the molecule is COc1cc(Cn2cc(CNC(=O)[C@]34CCC(C)(C)CC3C3=CCC5[C@@]6(C)CC[C@H](O)C(C)(C)C6CC[C@@]5(C)[C@]3(C)C[C@H]4O)nn2)c(OC)cc1Cn1cc(CNC(=O)[C@]23CCC(C)(C)CC2C2=CCC4[C@@]5(C)CC[C@H](O)C(C)(C)C5CC[C@@]4(C)[C@]2(C)C[C@H]3O)nn1. The fourth-order valence-electron chi connectivity index (χ4n) is 24.8. The molecule has 6 unspecified atom stereocenters. The lowest BCUT2D eigenvalue weighted by atomic mass is 9.33. The van der Waals surface area contributed by atoms with Crippen molar-refractivity contribution in [2.24, 2.45) is 100 Å². The molecule has 0 saturated heterocycles. The minimum absolute atomic E-state index is 0.0167. The number of hydrogen-bond donors (Lipinski definition) is 6. The van der Waals surface area contributed by atoms with Crippen molar-refractivity contribution >= 4 is 11.8 Å². The fraction of sp³-hybridized carbons (Fsp3) is 0.789. The summed E-state index contributed by atoms with van der Waals surface area (Å²) in [5.74, 6) is 2.60. The van der Waals surface area contributed by atoms with Gasteiger partial charge in [0.25, 0.3) is 0 Å². The summed E-state index contributed by atoms with van der Waals surface area (Å²) in [5.41, 5.74) is 3.00. The number of aliphatic hydroxyl groups excluding tert-OH is 4. The second-order valence-electron chi connectivity index (χ2n) is 36.4. The van der Waals surface area contributed by atoms with Crippen LogP contribution in [0.1, 0.15) is 235 Å². The number of allylic oxidation sites excluding steroid dienone is 4. The predicted octanol–water partition coefficient (Wildman–Crippen LogP) is 12.5. The van der Waals surface area contributed by atoms with Gasteiger partial charge >= 0.3 is 0 Å². The van der Waals surface area contributed by atoms with Crippen molar-refractivity contribution in [2.75, 3.05) is 14.2 Å². The Morgan fingerprint density at radius 3 is 1.25 bits per heavy atom. The number of carbonyl (C=O) groups excluding carboxylic acids is 2. The lowest BCUT2D eigenvalue weighted by Crippen LogP contribution is -2.68. The summed E-state index contributed by atoms with van der Waals surface area (Å²) in [6, 6.07) is 3.90. The molecule has 506 valence electrons. The molecule has 3 aromatic rings. The van der Waals surface area contributed by atoms with Crippen molar-refractivity contribution in [1.29, 1.82) is 0 Å². The third-order valence-corrected chi connectivity index (χ3v) is 30.6. The van der Waals surface area contributed by atoms with Crippen LogP contribution in [-0.2, 0) is 35.8 Å². The van der Waals surface area contributed by atoms with Crippen LogP contribution in [-0.4, -0.2) is 101 Å². The minimum Gasteiger partial charge on any atom is -0.496 e. The molecule has 2 aromatic heterocycles. The van der Waals surface area contributed by atoms with E-state index >= 15 is 9.59 Å². The number of rotatable bonds is 12. The monoisotopic (exact) mass is 1270 g/mol. The molecule has 92 heavy (non-hydrogen) atoms. The van der Waals surface area contributed by atoms with Gasteiger partial charge in [0.1, 0.15) is 22.9 Å². The van der Waals surface area contributed by atoms with Crippen molar-refractivity contribution in [1.82, 2.24) is 40.6 Å². The van der Waals surface area contributed by atoms with E-state index in [0.29, 0.717) is 85.3 Å². The van der Waals surface area contributed by atoms with Crippen LogP contribution in [0.4, 0.5) is 0 Å². The zero-order chi connectivity index (χ0) is 66.2. The molecule has 0 radical (unpaired) electrons. The third-order valence-electron chi connectivity index (χ3n) is 30.6. The highest BCUT2D eigenvalue weighted by Crippen LogP contribution is 2.78. The van der Waals surface area contributed by atoms with E-state index in [-0.39, 0.29) is 103 Å². The first-order chi connectivity index (χ1) is 43.0. The molecular weight excluding hydrogens is 1150 g/mol. The molecule has 8 saturated carbocycles. The van der Waals surface area contributed by atoms with E-state index in [1.807, 2.05) is 24.5 Å². The number of nitrogens with zero attached hydrogens (tertiary/aromatic N) is 6. The number of methoxy groups -OCH3 is 2. The molecular formula is C76H114N8O8. The van der Waals surface area contributed by atoms with Crippen LogP contribution in [0.2, 0.25) is 0 Å². The average molecular weight is 1270 g/mol. The normalized spacial score (nSPS) is 42.7. The molecule has 13 rings (SSSR count). The molecule has 1 aromatic carbocycles. The van der Waals surface area contributed by atoms with Crippen molar-refractivity contribution in [2.45, 2.75) is 263 Å². The van der Waals surface area contributed by atoms with Gasteiger partial charge in [0.05, 0.1) is 88.0 Å². The summed E-state index contributed by atoms with van der Waals surface area (Å²) in [4.78, 5) is 30.3. The zero-order valence-electron chi connectivity index (χ0n) is 58.9. The summed E-state index contributed by atoms with van der Waals surface area (Å²) < 4.78 is 15.5. The Kier molecular flexibility index (Phi) is 15.7. The Labute approximate surface area is 549 Å². The number of benzene rings is 1. The molecule has 0 bridgehead atoms. The van der Waals surface area contributed by atoms with Gasteiger partial charge in [-0.3, -0.25) is 9.59 Å². The lowest BCUT2D eigenvalue weighted by Gasteiger charge is -2.71. The first-order valence-corrected chi connectivity index (χ1v) is 35.8. The molecule has 18 atom stereocenters. The van der Waals surface area contributed by atoms with Gasteiger partial charge in [0, 0.05) is 11.1 Å². The van der Waals surface area contributed by atoms with Gasteiger partial charge in [-0.05, 0) is 217 Å². The van der Waals surface area contributed by atoms with E-state index in [0.717, 1.165) is 101 Å². The van der Waals surface area contributed by atoms with Gasteiger partial charge < -0.3 is 40.5 Å². The van der Waals surface area contributed by atoms with Gasteiger partial charge in [-0.1, -0.05) is 131 Å². The highest BCUT2D eigenvalue weighted by atomic mass is 16.5.